The van der Waals surface area contributed by atoms with E-state index < -0.39 is 56.3 Å². The van der Waals surface area contributed by atoms with Crippen molar-refractivity contribution in [2.45, 2.75) is 88.6 Å². The highest BCUT2D eigenvalue weighted by Gasteiger charge is 2.69. The van der Waals surface area contributed by atoms with Crippen LogP contribution in [0.25, 0.3) is 0 Å². The second-order valence-corrected chi connectivity index (χ2v) is 23.1. The fourth-order valence-electron chi connectivity index (χ4n) is 5.61. The number of alkyl halides is 2. The average molecular weight is 642 g/mol. The van der Waals surface area contributed by atoms with Crippen LogP contribution in [0, 0.1) is 0 Å². The van der Waals surface area contributed by atoms with E-state index in [1.165, 1.54) is 18.3 Å². The van der Waals surface area contributed by atoms with Gasteiger partial charge in [0.05, 0.1) is 6.61 Å². The SMILES string of the molecule is C=C[C@]1(CO[Si](c2ccccc2)(c2ccccc2)C(C)(C)C)O[C@@H](n2ccc(N)nc2=O)C(F)(F)[C@@H]1O[Si](C)(C)C(C)(C)C. The molecule has 2 N–H and O–H groups in total. The molecule has 0 bridgehead atoms. The molecule has 238 valence electrons. The Morgan fingerprint density at radius 1 is 0.977 bits per heavy atom. The fourth-order valence-corrected chi connectivity index (χ4v) is 11.5. The Morgan fingerprint density at radius 2 is 1.50 bits per heavy atom. The quantitative estimate of drug-likeness (QED) is 0.232. The van der Waals surface area contributed by atoms with Gasteiger partial charge in [0.15, 0.2) is 8.32 Å². The van der Waals surface area contributed by atoms with Gasteiger partial charge in [-0.05, 0) is 39.6 Å². The van der Waals surface area contributed by atoms with Crippen molar-refractivity contribution < 1.29 is 22.4 Å². The second-order valence-electron chi connectivity index (χ2n) is 14.1. The van der Waals surface area contributed by atoms with Gasteiger partial charge < -0.3 is 19.3 Å². The van der Waals surface area contributed by atoms with Gasteiger partial charge in [-0.15, -0.1) is 6.58 Å². The molecule has 0 amide bonds. The third-order valence-corrected chi connectivity index (χ3v) is 18.5. The topological polar surface area (TPSA) is 88.6 Å². The maximum absolute atomic E-state index is 16.8. The summed E-state index contributed by atoms with van der Waals surface area (Å²) in [7, 11) is -6.02. The lowest BCUT2D eigenvalue weighted by molar-refractivity contribution is -0.140. The number of hydrogen-bond donors (Lipinski definition) is 1. The Bertz CT molecular complexity index is 1480. The maximum atomic E-state index is 16.8. The molecular formula is C33H45F2N3O4Si2. The summed E-state index contributed by atoms with van der Waals surface area (Å²) in [4.78, 5) is 16.5. The van der Waals surface area contributed by atoms with Gasteiger partial charge in [-0.25, -0.2) is 4.79 Å². The van der Waals surface area contributed by atoms with Gasteiger partial charge in [0.1, 0.15) is 17.5 Å². The number of nitrogens with two attached hydrogens (primary N) is 1. The molecule has 2 heterocycles. The van der Waals surface area contributed by atoms with Crippen LogP contribution in [0.4, 0.5) is 14.6 Å². The molecule has 0 saturated carbocycles. The first-order chi connectivity index (χ1) is 20.3. The summed E-state index contributed by atoms with van der Waals surface area (Å²) in [6, 6.07) is 21.1. The van der Waals surface area contributed by atoms with Crippen LogP contribution in [0.15, 0.2) is 90.4 Å². The molecular weight excluding hydrogens is 597 g/mol. The van der Waals surface area contributed by atoms with Crippen molar-refractivity contribution >= 4 is 32.8 Å². The summed E-state index contributed by atoms with van der Waals surface area (Å²) in [5, 5.41) is 1.15. The van der Waals surface area contributed by atoms with E-state index in [9.17, 15) is 4.79 Å². The fraction of sp³-hybridized carbons (Fsp3) is 0.455. The summed E-state index contributed by atoms with van der Waals surface area (Å²) < 4.78 is 54.3. The molecule has 0 aliphatic carbocycles. The molecule has 0 unspecified atom stereocenters. The first-order valence-electron chi connectivity index (χ1n) is 14.8. The molecule has 1 aliphatic heterocycles. The normalized spacial score (nSPS) is 22.6. The number of rotatable bonds is 9. The van der Waals surface area contributed by atoms with Gasteiger partial charge in [-0.2, -0.15) is 13.8 Å². The number of nitrogens with zero attached hydrogens (tertiary/aromatic N) is 2. The van der Waals surface area contributed by atoms with E-state index in [4.69, 9.17) is 19.3 Å². The first-order valence-corrected chi connectivity index (χ1v) is 19.6. The van der Waals surface area contributed by atoms with Gasteiger partial charge in [0, 0.05) is 6.20 Å². The molecule has 3 aromatic rings. The van der Waals surface area contributed by atoms with Crippen molar-refractivity contribution in [3.63, 3.8) is 0 Å². The molecule has 1 aromatic heterocycles. The van der Waals surface area contributed by atoms with Crippen LogP contribution >= 0.6 is 0 Å². The Morgan fingerprint density at radius 3 is 1.93 bits per heavy atom. The van der Waals surface area contributed by atoms with Crippen LogP contribution in [0.1, 0.15) is 47.8 Å². The predicted molar refractivity (Wildman–Crippen MR) is 177 cm³/mol. The highest BCUT2D eigenvalue weighted by atomic mass is 28.4. The Hall–Kier alpha value is -2.97. The molecule has 0 spiro atoms. The third kappa shape index (κ3) is 5.88. The molecule has 4 rings (SSSR count). The van der Waals surface area contributed by atoms with Gasteiger partial charge >= 0.3 is 11.6 Å². The van der Waals surface area contributed by atoms with E-state index in [0.29, 0.717) is 0 Å². The van der Waals surface area contributed by atoms with Crippen LogP contribution in [0.5, 0.6) is 0 Å². The Balaban J connectivity index is 1.92. The Kier molecular flexibility index (Phi) is 9.06. The predicted octanol–water partition coefficient (Wildman–Crippen LogP) is 5.88. The summed E-state index contributed by atoms with van der Waals surface area (Å²) in [5.41, 5.74) is 2.90. The molecule has 2 aromatic carbocycles. The van der Waals surface area contributed by atoms with Crippen molar-refractivity contribution in [2.75, 3.05) is 12.3 Å². The van der Waals surface area contributed by atoms with Crippen LogP contribution in [0.2, 0.25) is 23.2 Å². The lowest BCUT2D eigenvalue weighted by Gasteiger charge is -2.46. The standard InChI is InChI=1S/C33H45F2N3O4Si2/c1-10-32(23-40-44(31(5,6)7,24-17-13-11-14-18-24)25-19-15-12-16-20-25)27(42-43(8,9)30(2,3)4)33(34,35)28(41-32)38-22-21-26(36)37-29(38)39/h10-22,27-28H,1,23H2,2-9H3,(H2,36,37,39)/t27-,28-,32-/m1/s1. The Labute approximate surface area is 261 Å². The number of hydrogen-bond acceptors (Lipinski definition) is 6. The van der Waals surface area contributed by atoms with Gasteiger partial charge in [-0.1, -0.05) is 108 Å². The third-order valence-electron chi connectivity index (χ3n) is 9.05. The summed E-state index contributed by atoms with van der Waals surface area (Å²) >= 11 is 0. The van der Waals surface area contributed by atoms with Crippen molar-refractivity contribution in [1.29, 1.82) is 0 Å². The molecule has 44 heavy (non-hydrogen) atoms. The van der Waals surface area contributed by atoms with Crippen LogP contribution in [0.3, 0.4) is 0 Å². The van der Waals surface area contributed by atoms with E-state index in [1.54, 1.807) is 0 Å². The number of benzene rings is 2. The molecule has 0 radical (unpaired) electrons. The molecule has 1 fully saturated rings. The molecule has 7 nitrogen and oxygen atoms in total. The molecule has 1 aliphatic rings. The smallest absolute Gasteiger partial charge is 0.351 e. The minimum atomic E-state index is -3.67. The van der Waals surface area contributed by atoms with Crippen molar-refractivity contribution in [3.8, 4) is 0 Å². The van der Waals surface area contributed by atoms with Gasteiger partial charge in [0.2, 0.25) is 6.23 Å². The number of anilines is 1. The van der Waals surface area contributed by atoms with E-state index in [0.717, 1.165) is 14.9 Å². The van der Waals surface area contributed by atoms with Gasteiger partial charge in [0.25, 0.3) is 8.32 Å². The minimum Gasteiger partial charge on any atom is -0.405 e. The second kappa shape index (κ2) is 11.8. The average Bonchev–Trinajstić information content (AvgIpc) is 3.15. The monoisotopic (exact) mass is 641 g/mol. The summed E-state index contributed by atoms with van der Waals surface area (Å²) in [6.07, 6.45) is -1.30. The van der Waals surface area contributed by atoms with Crippen LogP contribution in [-0.2, 0) is 13.6 Å². The van der Waals surface area contributed by atoms with Crippen molar-refractivity contribution in [1.82, 2.24) is 9.55 Å². The lowest BCUT2D eigenvalue weighted by Crippen LogP contribution is -2.68. The van der Waals surface area contributed by atoms with E-state index in [1.807, 2.05) is 94.5 Å². The van der Waals surface area contributed by atoms with Crippen molar-refractivity contribution in [2.24, 2.45) is 0 Å². The highest BCUT2D eigenvalue weighted by Crippen LogP contribution is 2.53. The zero-order valence-electron chi connectivity index (χ0n) is 26.9. The van der Waals surface area contributed by atoms with E-state index >= 15 is 8.78 Å². The first kappa shape index (κ1) is 33.9. The number of ether oxygens (including phenoxy) is 1. The maximum Gasteiger partial charge on any atom is 0.351 e. The van der Waals surface area contributed by atoms with E-state index in [2.05, 4.69) is 32.3 Å². The summed E-state index contributed by atoms with van der Waals surface area (Å²) in [6.45, 7) is 19.8. The molecule has 1 saturated heterocycles. The number of aromatic nitrogens is 2. The minimum absolute atomic E-state index is 0.0772. The number of halogens is 2. The zero-order chi connectivity index (χ0) is 32.8. The molecule has 11 heteroatoms. The van der Waals surface area contributed by atoms with Crippen LogP contribution < -0.4 is 21.8 Å². The highest BCUT2D eigenvalue weighted by molar-refractivity contribution is 6.99. The largest absolute Gasteiger partial charge is 0.405 e. The number of nitrogen functional groups attached to an aromatic ring is 1. The summed E-state index contributed by atoms with van der Waals surface area (Å²) in [5.74, 6) is -3.74. The van der Waals surface area contributed by atoms with Gasteiger partial charge in [-0.3, -0.25) is 4.57 Å². The van der Waals surface area contributed by atoms with E-state index in [-0.39, 0.29) is 12.4 Å². The zero-order valence-corrected chi connectivity index (χ0v) is 28.9. The van der Waals surface area contributed by atoms with Crippen molar-refractivity contribution in [3.05, 3.63) is 96.1 Å². The van der Waals surface area contributed by atoms with Crippen LogP contribution in [-0.4, -0.2) is 50.4 Å². The lowest BCUT2D eigenvalue weighted by atomic mass is 9.95. The molecule has 3 atom stereocenters.